The van der Waals surface area contributed by atoms with E-state index < -0.39 is 16.1 Å². The van der Waals surface area contributed by atoms with Crippen LogP contribution in [0.3, 0.4) is 0 Å². The second kappa shape index (κ2) is 10.3. The molecular weight excluding hydrogens is 440 g/mol. The van der Waals surface area contributed by atoms with Crippen LogP contribution in [0.2, 0.25) is 0 Å². The molecule has 2 N–H and O–H groups in total. The van der Waals surface area contributed by atoms with E-state index in [1.54, 1.807) is 12.3 Å². The molecule has 0 aliphatic carbocycles. The average molecular weight is 469 g/mol. The van der Waals surface area contributed by atoms with E-state index in [4.69, 9.17) is 4.74 Å². The predicted octanol–water partition coefficient (Wildman–Crippen LogP) is 1.71. The number of hydrogen-bond acceptors (Lipinski definition) is 6. The molecule has 1 unspecified atom stereocenters. The quantitative estimate of drug-likeness (QED) is 0.496. The largest absolute Gasteiger partial charge is 0.481 e. The minimum Gasteiger partial charge on any atom is -0.481 e. The van der Waals surface area contributed by atoms with Crippen LogP contribution in [0.5, 0.6) is 5.75 Å². The van der Waals surface area contributed by atoms with Gasteiger partial charge >= 0.3 is 0 Å². The highest BCUT2D eigenvalue weighted by atomic mass is 32.2. The third kappa shape index (κ3) is 6.50. The van der Waals surface area contributed by atoms with E-state index in [9.17, 15) is 13.2 Å². The van der Waals surface area contributed by atoms with Gasteiger partial charge in [-0.2, -0.15) is 0 Å². The number of para-hydroxylation sites is 1. The lowest BCUT2D eigenvalue weighted by atomic mass is 9.99. The molecule has 33 heavy (non-hydrogen) atoms. The van der Waals surface area contributed by atoms with Crippen LogP contribution in [0.15, 0.2) is 60.8 Å². The van der Waals surface area contributed by atoms with Crippen molar-refractivity contribution in [2.45, 2.75) is 19.0 Å². The van der Waals surface area contributed by atoms with Gasteiger partial charge in [-0.15, -0.1) is 0 Å². The number of carbonyl (C=O) groups excluding carboxylic acids is 1. The molecule has 1 aliphatic heterocycles. The Morgan fingerprint density at radius 1 is 1.12 bits per heavy atom. The van der Waals surface area contributed by atoms with Crippen molar-refractivity contribution in [2.24, 2.45) is 0 Å². The topological polar surface area (TPSA) is 101 Å². The maximum absolute atomic E-state index is 12.4. The SMILES string of the molecule is CS(=O)(=O)NC(CNC(=O)COc1cccc2cccnc12)CN1CCc2ccccc2C1. The molecule has 1 aliphatic rings. The molecule has 0 saturated carbocycles. The highest BCUT2D eigenvalue weighted by molar-refractivity contribution is 7.88. The van der Waals surface area contributed by atoms with Gasteiger partial charge in [0.1, 0.15) is 11.3 Å². The van der Waals surface area contributed by atoms with Gasteiger partial charge in [0.05, 0.1) is 12.3 Å². The first-order valence-electron chi connectivity index (χ1n) is 10.9. The monoisotopic (exact) mass is 468 g/mol. The lowest BCUT2D eigenvalue weighted by Gasteiger charge is -2.32. The van der Waals surface area contributed by atoms with Gasteiger partial charge in [-0.3, -0.25) is 14.7 Å². The van der Waals surface area contributed by atoms with E-state index >= 15 is 0 Å². The maximum Gasteiger partial charge on any atom is 0.257 e. The van der Waals surface area contributed by atoms with E-state index in [2.05, 4.69) is 32.1 Å². The first kappa shape index (κ1) is 23.2. The Labute approximate surface area is 194 Å². The van der Waals surface area contributed by atoms with Gasteiger partial charge in [-0.25, -0.2) is 13.1 Å². The first-order chi connectivity index (χ1) is 15.9. The number of nitrogens with zero attached hydrogens (tertiary/aromatic N) is 2. The van der Waals surface area contributed by atoms with Gasteiger partial charge in [0, 0.05) is 37.8 Å². The third-order valence-corrected chi connectivity index (χ3v) is 6.33. The summed E-state index contributed by atoms with van der Waals surface area (Å²) in [5.41, 5.74) is 3.27. The molecule has 2 heterocycles. The number of sulfonamides is 1. The highest BCUT2D eigenvalue weighted by Crippen LogP contribution is 2.22. The molecule has 2 aromatic carbocycles. The normalized spacial score (nSPS) is 15.1. The number of aromatic nitrogens is 1. The summed E-state index contributed by atoms with van der Waals surface area (Å²) in [7, 11) is -3.43. The molecule has 8 nitrogen and oxygen atoms in total. The van der Waals surface area contributed by atoms with E-state index in [1.165, 1.54) is 11.1 Å². The van der Waals surface area contributed by atoms with Crippen LogP contribution in [0.1, 0.15) is 11.1 Å². The molecule has 1 amide bonds. The van der Waals surface area contributed by atoms with Crippen molar-refractivity contribution in [1.29, 1.82) is 0 Å². The molecule has 174 valence electrons. The van der Waals surface area contributed by atoms with Crippen molar-refractivity contribution in [1.82, 2.24) is 19.9 Å². The summed E-state index contributed by atoms with van der Waals surface area (Å²) < 4.78 is 32.1. The number of carbonyl (C=O) groups is 1. The third-order valence-electron chi connectivity index (χ3n) is 5.57. The summed E-state index contributed by atoms with van der Waals surface area (Å²) in [6, 6.07) is 17.1. The van der Waals surface area contributed by atoms with Crippen LogP contribution < -0.4 is 14.8 Å². The lowest BCUT2D eigenvalue weighted by Crippen LogP contribution is -2.50. The Hall–Kier alpha value is -3.01. The van der Waals surface area contributed by atoms with Gasteiger partial charge in [0.15, 0.2) is 6.61 Å². The van der Waals surface area contributed by atoms with Gasteiger partial charge in [0.2, 0.25) is 10.0 Å². The number of amides is 1. The smallest absolute Gasteiger partial charge is 0.257 e. The number of ether oxygens (including phenoxy) is 1. The van der Waals surface area contributed by atoms with Crippen LogP contribution in [-0.2, 0) is 27.8 Å². The second-order valence-electron chi connectivity index (χ2n) is 8.26. The number of rotatable bonds is 9. The zero-order valence-corrected chi connectivity index (χ0v) is 19.3. The van der Waals surface area contributed by atoms with Gasteiger partial charge < -0.3 is 10.1 Å². The molecule has 9 heteroatoms. The Morgan fingerprint density at radius 2 is 1.91 bits per heavy atom. The average Bonchev–Trinajstić information content (AvgIpc) is 2.80. The maximum atomic E-state index is 12.4. The summed E-state index contributed by atoms with van der Waals surface area (Å²) in [4.78, 5) is 19.0. The van der Waals surface area contributed by atoms with Crippen LogP contribution in [-0.4, -0.2) is 62.7 Å². The molecule has 1 aromatic heterocycles. The van der Waals surface area contributed by atoms with Crippen LogP contribution >= 0.6 is 0 Å². The van der Waals surface area contributed by atoms with E-state index in [1.807, 2.05) is 36.4 Å². The summed E-state index contributed by atoms with van der Waals surface area (Å²) in [5.74, 6) is 0.202. The standard InChI is InChI=1S/C24H28N4O4S/c1-33(30,31)27-21(16-28-13-11-18-6-2-3-7-20(18)15-28)14-26-23(29)17-32-22-10-4-8-19-9-5-12-25-24(19)22/h2-10,12,21,27H,11,13-17H2,1H3,(H,26,29). The molecular formula is C24H28N4O4S. The Morgan fingerprint density at radius 3 is 2.73 bits per heavy atom. The van der Waals surface area contributed by atoms with E-state index in [0.717, 1.165) is 31.2 Å². The molecule has 0 radical (unpaired) electrons. The zero-order valence-electron chi connectivity index (χ0n) is 18.5. The van der Waals surface area contributed by atoms with Crippen molar-refractivity contribution in [3.8, 4) is 5.75 Å². The van der Waals surface area contributed by atoms with Gasteiger partial charge in [-0.1, -0.05) is 42.5 Å². The van der Waals surface area contributed by atoms with Crippen LogP contribution in [0.4, 0.5) is 0 Å². The fourth-order valence-corrected chi connectivity index (χ4v) is 4.86. The number of hydrogen-bond donors (Lipinski definition) is 2. The van der Waals surface area contributed by atoms with Crippen molar-refractivity contribution in [3.63, 3.8) is 0 Å². The van der Waals surface area contributed by atoms with Gasteiger partial charge in [0.25, 0.3) is 5.91 Å². The van der Waals surface area contributed by atoms with Crippen LogP contribution in [0.25, 0.3) is 10.9 Å². The molecule has 0 bridgehead atoms. The van der Waals surface area contributed by atoms with Crippen molar-refractivity contribution in [3.05, 3.63) is 71.9 Å². The first-order valence-corrected chi connectivity index (χ1v) is 12.8. The zero-order chi connectivity index (χ0) is 23.3. The van der Waals surface area contributed by atoms with E-state index in [-0.39, 0.29) is 19.1 Å². The minimum atomic E-state index is -3.43. The molecule has 0 saturated heterocycles. The number of benzene rings is 2. The summed E-state index contributed by atoms with van der Waals surface area (Å²) in [6.07, 6.45) is 3.72. The summed E-state index contributed by atoms with van der Waals surface area (Å²) in [5, 5.41) is 3.72. The molecule has 0 fully saturated rings. The number of nitrogens with one attached hydrogen (secondary N) is 2. The fraction of sp³-hybridized carbons (Fsp3) is 0.333. The van der Waals surface area contributed by atoms with E-state index in [0.29, 0.717) is 17.8 Å². The predicted molar refractivity (Wildman–Crippen MR) is 127 cm³/mol. The fourth-order valence-electron chi connectivity index (χ4n) is 4.09. The Bertz CT molecular complexity index is 1230. The summed E-state index contributed by atoms with van der Waals surface area (Å²) in [6.45, 7) is 2.07. The number of pyridine rings is 1. The second-order valence-corrected chi connectivity index (χ2v) is 10.0. The van der Waals surface area contributed by atoms with Crippen molar-refractivity contribution < 1.29 is 17.9 Å². The number of fused-ring (bicyclic) bond motifs is 2. The highest BCUT2D eigenvalue weighted by Gasteiger charge is 2.22. The van der Waals surface area contributed by atoms with Crippen LogP contribution in [0, 0.1) is 0 Å². The Kier molecular flexibility index (Phi) is 7.22. The molecule has 3 aromatic rings. The Balaban J connectivity index is 1.33. The molecule has 1 atom stereocenters. The van der Waals surface area contributed by atoms with Crippen molar-refractivity contribution >= 4 is 26.8 Å². The lowest BCUT2D eigenvalue weighted by molar-refractivity contribution is -0.123. The summed E-state index contributed by atoms with van der Waals surface area (Å²) >= 11 is 0. The molecule has 0 spiro atoms. The van der Waals surface area contributed by atoms with Crippen molar-refractivity contribution in [2.75, 3.05) is 32.5 Å². The molecule has 4 rings (SSSR count). The van der Waals surface area contributed by atoms with Gasteiger partial charge in [-0.05, 0) is 29.7 Å². The minimum absolute atomic E-state index is 0.168.